The van der Waals surface area contributed by atoms with Gasteiger partial charge in [0.1, 0.15) is 11.3 Å². The van der Waals surface area contributed by atoms with Gasteiger partial charge in [-0.1, -0.05) is 0 Å². The predicted octanol–water partition coefficient (Wildman–Crippen LogP) is 3.32. The molecule has 2 aromatic heterocycles. The number of fused-ring (bicyclic) bond motifs is 1. The Hall–Kier alpha value is -3.17. The third-order valence-electron chi connectivity index (χ3n) is 5.10. The summed E-state index contributed by atoms with van der Waals surface area (Å²) in [6, 6.07) is 2.75. The van der Waals surface area contributed by atoms with Crippen molar-refractivity contribution in [3.63, 3.8) is 0 Å². The third kappa shape index (κ3) is 3.50. The number of phenols is 1. The average Bonchev–Trinajstić information content (AvgIpc) is 3.05. The number of benzene rings is 1. The zero-order valence-electron chi connectivity index (χ0n) is 15.7. The monoisotopic (exact) mass is 405 g/mol. The molecule has 152 valence electrons. The molecule has 0 aliphatic carbocycles. The maximum atomic E-state index is 12.8. The summed E-state index contributed by atoms with van der Waals surface area (Å²) in [5.41, 5.74) is 0.808. The van der Waals surface area contributed by atoms with Gasteiger partial charge in [0.15, 0.2) is 5.65 Å². The lowest BCUT2D eigenvalue weighted by molar-refractivity contribution is -0.137. The Balaban J connectivity index is 1.72. The van der Waals surface area contributed by atoms with E-state index in [9.17, 15) is 23.1 Å². The third-order valence-corrected chi connectivity index (χ3v) is 5.10. The number of carbonyl (C=O) groups is 1. The van der Waals surface area contributed by atoms with Gasteiger partial charge in [0.05, 0.1) is 29.2 Å². The van der Waals surface area contributed by atoms with E-state index in [0.29, 0.717) is 42.3 Å². The number of likely N-dealkylation sites (N-methyl/N-ethyl adjacent to an activating group) is 1. The minimum absolute atomic E-state index is 0.00284. The number of amides is 1. The van der Waals surface area contributed by atoms with E-state index in [-0.39, 0.29) is 23.2 Å². The second-order valence-electron chi connectivity index (χ2n) is 7.17. The molecule has 0 saturated carbocycles. The number of nitrogens with zero attached hydrogens (tertiary/aromatic N) is 5. The van der Waals surface area contributed by atoms with Crippen molar-refractivity contribution in [3.05, 3.63) is 35.7 Å². The molecular formula is C19H18F3N5O2. The zero-order chi connectivity index (χ0) is 20.9. The first kappa shape index (κ1) is 19.2. The molecule has 1 N–H and O–H groups in total. The lowest BCUT2D eigenvalue weighted by atomic mass is 10.1. The number of hydrogen-bond acceptors (Lipinski definition) is 5. The highest BCUT2D eigenvalue weighted by Crippen LogP contribution is 2.37. The number of likely N-dealkylation sites (tertiary alicyclic amines) is 1. The standard InChI is InChI=1S/C19H18F3N5O2/c1-10-17(13-5-3-11(7-15(13)28)19(20,21)22)24-18-14(23-10)9-27(25-18)12-4-6-16(29)26(2)8-12/h3,5,7,9,12,28H,4,6,8H2,1-2H3/t12-/m1/s1. The molecule has 3 heterocycles. The number of carbonyl (C=O) groups excluding carboxylic acids is 1. The lowest BCUT2D eigenvalue weighted by Gasteiger charge is -2.29. The molecule has 1 fully saturated rings. The van der Waals surface area contributed by atoms with Crippen LogP contribution in [0.2, 0.25) is 0 Å². The molecule has 4 rings (SSSR count). The van der Waals surface area contributed by atoms with E-state index in [1.165, 1.54) is 6.07 Å². The van der Waals surface area contributed by atoms with Gasteiger partial charge >= 0.3 is 6.18 Å². The quantitative estimate of drug-likeness (QED) is 0.707. The van der Waals surface area contributed by atoms with Crippen molar-refractivity contribution in [3.8, 4) is 17.0 Å². The van der Waals surface area contributed by atoms with Crippen LogP contribution < -0.4 is 0 Å². The summed E-state index contributed by atoms with van der Waals surface area (Å²) >= 11 is 0. The molecular weight excluding hydrogens is 387 g/mol. The number of aryl methyl sites for hydroxylation is 1. The van der Waals surface area contributed by atoms with Crippen LogP contribution in [0.3, 0.4) is 0 Å². The van der Waals surface area contributed by atoms with Crippen LogP contribution in [0.15, 0.2) is 24.4 Å². The summed E-state index contributed by atoms with van der Waals surface area (Å²) in [5, 5.41) is 14.6. The van der Waals surface area contributed by atoms with E-state index in [2.05, 4.69) is 15.1 Å². The molecule has 1 atom stereocenters. The number of aromatic nitrogens is 4. The van der Waals surface area contributed by atoms with Crippen molar-refractivity contribution in [2.45, 2.75) is 32.0 Å². The van der Waals surface area contributed by atoms with Gasteiger partial charge in [0.25, 0.3) is 0 Å². The Morgan fingerprint density at radius 1 is 1.24 bits per heavy atom. The van der Waals surface area contributed by atoms with Crippen molar-refractivity contribution in [1.82, 2.24) is 24.6 Å². The summed E-state index contributed by atoms with van der Waals surface area (Å²) in [6.45, 7) is 2.20. The van der Waals surface area contributed by atoms with Crippen LogP contribution in [0.1, 0.15) is 30.1 Å². The van der Waals surface area contributed by atoms with Gasteiger partial charge in [-0.2, -0.15) is 18.3 Å². The van der Waals surface area contributed by atoms with Crippen molar-refractivity contribution < 1.29 is 23.1 Å². The van der Waals surface area contributed by atoms with Crippen molar-refractivity contribution in [1.29, 1.82) is 0 Å². The molecule has 0 unspecified atom stereocenters. The molecule has 3 aromatic rings. The van der Waals surface area contributed by atoms with E-state index >= 15 is 0 Å². The molecule has 1 amide bonds. The predicted molar refractivity (Wildman–Crippen MR) is 98.1 cm³/mol. The smallest absolute Gasteiger partial charge is 0.416 e. The minimum Gasteiger partial charge on any atom is -0.507 e. The number of aromatic hydroxyl groups is 1. The summed E-state index contributed by atoms with van der Waals surface area (Å²) in [7, 11) is 1.74. The number of rotatable bonds is 2. The SMILES string of the molecule is Cc1nc2cn([C@@H]3CCC(=O)N(C)C3)nc2nc1-c1ccc(C(F)(F)F)cc1O. The van der Waals surface area contributed by atoms with Gasteiger partial charge in [0.2, 0.25) is 5.91 Å². The van der Waals surface area contributed by atoms with Crippen LogP contribution in [0, 0.1) is 6.92 Å². The first-order valence-corrected chi connectivity index (χ1v) is 9.01. The summed E-state index contributed by atoms with van der Waals surface area (Å²) in [4.78, 5) is 22.2. The minimum atomic E-state index is -4.55. The van der Waals surface area contributed by atoms with Gasteiger partial charge in [0, 0.05) is 25.6 Å². The second kappa shape index (κ2) is 6.71. The van der Waals surface area contributed by atoms with Crippen molar-refractivity contribution in [2.75, 3.05) is 13.6 Å². The highest BCUT2D eigenvalue weighted by atomic mass is 19.4. The Labute approximate surface area is 163 Å². The Bertz CT molecular complexity index is 1110. The Morgan fingerprint density at radius 2 is 2.00 bits per heavy atom. The fourth-order valence-corrected chi connectivity index (χ4v) is 3.51. The summed E-state index contributed by atoms with van der Waals surface area (Å²) in [6.07, 6.45) is -1.71. The first-order valence-electron chi connectivity index (χ1n) is 9.01. The molecule has 1 aliphatic heterocycles. The van der Waals surface area contributed by atoms with Crippen molar-refractivity contribution in [2.24, 2.45) is 0 Å². The number of halogens is 3. The van der Waals surface area contributed by atoms with Gasteiger partial charge in [-0.15, -0.1) is 0 Å². The topological polar surface area (TPSA) is 84.1 Å². The summed E-state index contributed by atoms with van der Waals surface area (Å²) in [5.74, 6) is -0.437. The van der Waals surface area contributed by atoms with E-state index in [4.69, 9.17) is 0 Å². The molecule has 7 nitrogen and oxygen atoms in total. The van der Waals surface area contributed by atoms with E-state index < -0.39 is 17.5 Å². The van der Waals surface area contributed by atoms with Crippen LogP contribution in [0.25, 0.3) is 22.4 Å². The van der Waals surface area contributed by atoms with Gasteiger partial charge in [-0.25, -0.2) is 9.97 Å². The highest BCUT2D eigenvalue weighted by Gasteiger charge is 2.31. The van der Waals surface area contributed by atoms with Gasteiger partial charge in [-0.05, 0) is 31.5 Å². The maximum absolute atomic E-state index is 12.8. The molecule has 1 aromatic carbocycles. The summed E-state index contributed by atoms with van der Waals surface area (Å²) < 4.78 is 40.3. The number of alkyl halides is 3. The largest absolute Gasteiger partial charge is 0.507 e. The van der Waals surface area contributed by atoms with Gasteiger partial charge < -0.3 is 10.0 Å². The Morgan fingerprint density at radius 3 is 2.66 bits per heavy atom. The van der Waals surface area contributed by atoms with Crippen LogP contribution in [-0.2, 0) is 11.0 Å². The lowest BCUT2D eigenvalue weighted by Crippen LogP contribution is -2.38. The molecule has 0 radical (unpaired) electrons. The van der Waals surface area contributed by atoms with E-state index in [1.807, 2.05) is 0 Å². The molecule has 29 heavy (non-hydrogen) atoms. The molecule has 0 spiro atoms. The molecule has 0 bridgehead atoms. The van der Waals surface area contributed by atoms with Crippen LogP contribution in [0.5, 0.6) is 5.75 Å². The zero-order valence-corrected chi connectivity index (χ0v) is 15.7. The molecule has 10 heteroatoms. The van der Waals surface area contributed by atoms with Crippen LogP contribution in [-0.4, -0.2) is 49.3 Å². The number of phenolic OH excluding ortho intramolecular Hbond substituents is 1. The van der Waals surface area contributed by atoms with E-state index in [0.717, 1.165) is 6.07 Å². The van der Waals surface area contributed by atoms with Gasteiger partial charge in [-0.3, -0.25) is 9.48 Å². The van der Waals surface area contributed by atoms with Crippen LogP contribution >= 0.6 is 0 Å². The van der Waals surface area contributed by atoms with E-state index in [1.54, 1.807) is 29.7 Å². The number of piperidine rings is 1. The first-order chi connectivity index (χ1) is 13.6. The number of hydrogen-bond donors (Lipinski definition) is 1. The normalized spacial score (nSPS) is 17.9. The van der Waals surface area contributed by atoms with Crippen molar-refractivity contribution >= 4 is 17.1 Å². The maximum Gasteiger partial charge on any atom is 0.416 e. The molecule has 1 saturated heterocycles. The Kier molecular flexibility index (Phi) is 4.44. The fraction of sp³-hybridized carbons (Fsp3) is 0.368. The fourth-order valence-electron chi connectivity index (χ4n) is 3.51. The highest BCUT2D eigenvalue weighted by molar-refractivity contribution is 5.78. The average molecular weight is 405 g/mol. The second-order valence-corrected chi connectivity index (χ2v) is 7.17. The van der Waals surface area contributed by atoms with Crippen LogP contribution in [0.4, 0.5) is 13.2 Å². The molecule has 1 aliphatic rings.